The molecule has 0 aliphatic heterocycles. The Kier molecular flexibility index (Phi) is 2.65. The molecule has 0 aliphatic rings. The zero-order chi connectivity index (χ0) is 14.4. The van der Waals surface area contributed by atoms with Crippen LogP contribution in [0.2, 0.25) is 0 Å². The number of rotatable bonds is 2. The van der Waals surface area contributed by atoms with E-state index < -0.39 is 0 Å². The Balaban J connectivity index is 2.07. The molecule has 0 fully saturated rings. The highest BCUT2D eigenvalue weighted by molar-refractivity contribution is 7.22. The molecule has 4 rings (SSSR count). The van der Waals surface area contributed by atoms with Crippen LogP contribution < -0.4 is 5.32 Å². The molecule has 0 atom stereocenters. The molecule has 1 N–H and O–H groups in total. The zero-order valence-electron chi connectivity index (χ0n) is 11.7. The maximum atomic E-state index is 4.69. The molecule has 0 saturated heterocycles. The van der Waals surface area contributed by atoms with Crippen LogP contribution in [0.1, 0.15) is 0 Å². The molecule has 4 aromatic rings. The zero-order valence-corrected chi connectivity index (χ0v) is 12.5. The number of thiazole rings is 1. The number of aromatic nitrogens is 4. The Morgan fingerprint density at radius 3 is 2.71 bits per heavy atom. The lowest BCUT2D eigenvalue weighted by Crippen LogP contribution is -1.95. The smallest absolute Gasteiger partial charge is 0.175 e. The molecule has 6 heteroatoms. The standard InChI is InChI=1S/C15H13N5S/c1-16-13-10-11(20(2)8-17-10)12-14(18-13)19-15(21-12)9-6-4-3-5-7-9/h3-8H,1-2H3,(H,16,18). The number of hydrogen-bond donors (Lipinski definition) is 1. The van der Waals surface area contributed by atoms with Gasteiger partial charge in [0, 0.05) is 19.7 Å². The number of hydrogen-bond acceptors (Lipinski definition) is 5. The van der Waals surface area contributed by atoms with E-state index in [-0.39, 0.29) is 0 Å². The van der Waals surface area contributed by atoms with E-state index in [0.717, 1.165) is 37.8 Å². The van der Waals surface area contributed by atoms with Gasteiger partial charge in [0.15, 0.2) is 11.5 Å². The van der Waals surface area contributed by atoms with Crippen LogP contribution in [0.5, 0.6) is 0 Å². The van der Waals surface area contributed by atoms with Gasteiger partial charge < -0.3 is 9.88 Å². The molecule has 0 radical (unpaired) electrons. The summed E-state index contributed by atoms with van der Waals surface area (Å²) in [5, 5.41) is 4.08. The number of imidazole rings is 1. The minimum atomic E-state index is 0.763. The highest BCUT2D eigenvalue weighted by atomic mass is 32.1. The fourth-order valence-electron chi connectivity index (χ4n) is 2.45. The summed E-state index contributed by atoms with van der Waals surface area (Å²) in [5.41, 5.74) is 3.83. The second-order valence-electron chi connectivity index (χ2n) is 4.80. The molecule has 0 saturated carbocycles. The monoisotopic (exact) mass is 295 g/mol. The number of nitrogens with one attached hydrogen (secondary N) is 1. The second kappa shape index (κ2) is 4.53. The van der Waals surface area contributed by atoms with Crippen LogP contribution in [0.25, 0.3) is 32.0 Å². The Morgan fingerprint density at radius 2 is 1.95 bits per heavy atom. The summed E-state index contributed by atoms with van der Waals surface area (Å²) in [6.07, 6.45) is 1.81. The SMILES string of the molecule is CNc1nc2nc(-c3ccccc3)sc2c2c1ncn2C. The molecular weight excluding hydrogens is 282 g/mol. The van der Waals surface area contributed by atoms with Crippen LogP contribution in [-0.4, -0.2) is 26.6 Å². The first kappa shape index (κ1) is 12.3. The van der Waals surface area contributed by atoms with Crippen molar-refractivity contribution in [3.05, 3.63) is 36.7 Å². The quantitative estimate of drug-likeness (QED) is 0.616. The van der Waals surface area contributed by atoms with E-state index in [4.69, 9.17) is 0 Å². The van der Waals surface area contributed by atoms with E-state index >= 15 is 0 Å². The van der Waals surface area contributed by atoms with Crippen LogP contribution >= 0.6 is 11.3 Å². The summed E-state index contributed by atoms with van der Waals surface area (Å²) >= 11 is 1.66. The van der Waals surface area contributed by atoms with E-state index in [9.17, 15) is 0 Å². The second-order valence-corrected chi connectivity index (χ2v) is 5.80. The fraction of sp³-hybridized carbons (Fsp3) is 0.133. The van der Waals surface area contributed by atoms with Gasteiger partial charge in [0.2, 0.25) is 0 Å². The number of fused-ring (bicyclic) bond motifs is 3. The molecule has 0 aliphatic carbocycles. The van der Waals surface area contributed by atoms with Gasteiger partial charge in [-0.15, -0.1) is 11.3 Å². The summed E-state index contributed by atoms with van der Waals surface area (Å²) in [7, 11) is 3.85. The average Bonchev–Trinajstić information content (AvgIpc) is 3.11. The molecule has 0 amide bonds. The number of aryl methyl sites for hydroxylation is 1. The van der Waals surface area contributed by atoms with Crippen LogP contribution in [-0.2, 0) is 7.05 Å². The van der Waals surface area contributed by atoms with Crippen molar-refractivity contribution in [2.45, 2.75) is 0 Å². The van der Waals surface area contributed by atoms with Crippen molar-refractivity contribution in [1.29, 1.82) is 0 Å². The minimum Gasteiger partial charge on any atom is -0.371 e. The maximum absolute atomic E-state index is 4.69. The van der Waals surface area contributed by atoms with Gasteiger partial charge in [-0.1, -0.05) is 30.3 Å². The summed E-state index contributed by atoms with van der Waals surface area (Å²) in [6.45, 7) is 0. The lowest BCUT2D eigenvalue weighted by atomic mass is 10.2. The predicted octanol–water partition coefficient (Wildman–Crippen LogP) is 3.29. The van der Waals surface area contributed by atoms with Gasteiger partial charge in [0.1, 0.15) is 15.2 Å². The summed E-state index contributed by atoms with van der Waals surface area (Å²) in [6, 6.07) is 10.2. The first-order valence-corrected chi connectivity index (χ1v) is 7.44. The van der Waals surface area contributed by atoms with E-state index in [2.05, 4.69) is 32.4 Å². The number of benzene rings is 1. The molecule has 0 unspecified atom stereocenters. The highest BCUT2D eigenvalue weighted by Crippen LogP contribution is 2.35. The molecule has 3 aromatic heterocycles. The van der Waals surface area contributed by atoms with Crippen molar-refractivity contribution in [2.75, 3.05) is 12.4 Å². The van der Waals surface area contributed by atoms with Gasteiger partial charge in [-0.2, -0.15) is 0 Å². The normalized spacial score (nSPS) is 11.3. The van der Waals surface area contributed by atoms with Crippen molar-refractivity contribution >= 4 is 38.5 Å². The summed E-state index contributed by atoms with van der Waals surface area (Å²) < 4.78 is 3.09. The topological polar surface area (TPSA) is 55.6 Å². The van der Waals surface area contributed by atoms with Gasteiger partial charge in [-0.05, 0) is 0 Å². The molecule has 1 aromatic carbocycles. The van der Waals surface area contributed by atoms with Gasteiger partial charge in [0.05, 0.1) is 11.8 Å². The van der Waals surface area contributed by atoms with Crippen molar-refractivity contribution in [1.82, 2.24) is 19.5 Å². The lowest BCUT2D eigenvalue weighted by molar-refractivity contribution is 0.951. The van der Waals surface area contributed by atoms with Crippen molar-refractivity contribution in [2.24, 2.45) is 7.05 Å². The average molecular weight is 295 g/mol. The van der Waals surface area contributed by atoms with Gasteiger partial charge >= 0.3 is 0 Å². The number of nitrogens with zero attached hydrogens (tertiary/aromatic N) is 4. The first-order valence-electron chi connectivity index (χ1n) is 6.62. The predicted molar refractivity (Wildman–Crippen MR) is 86.7 cm³/mol. The Bertz CT molecular complexity index is 939. The van der Waals surface area contributed by atoms with Crippen molar-refractivity contribution < 1.29 is 0 Å². The van der Waals surface area contributed by atoms with Crippen molar-refractivity contribution in [3.8, 4) is 10.6 Å². The Labute approximate surface area is 125 Å². The molecule has 5 nitrogen and oxygen atoms in total. The summed E-state index contributed by atoms with van der Waals surface area (Å²) in [4.78, 5) is 13.7. The van der Waals surface area contributed by atoms with Crippen LogP contribution in [0.3, 0.4) is 0 Å². The van der Waals surface area contributed by atoms with E-state index in [1.165, 1.54) is 0 Å². The molecular formula is C15H13N5S. The molecule has 104 valence electrons. The third-order valence-electron chi connectivity index (χ3n) is 3.46. The molecule has 3 heterocycles. The van der Waals surface area contributed by atoms with Gasteiger partial charge in [0.25, 0.3) is 0 Å². The molecule has 0 bridgehead atoms. The van der Waals surface area contributed by atoms with Crippen LogP contribution in [0.15, 0.2) is 36.7 Å². The third kappa shape index (κ3) is 1.80. The third-order valence-corrected chi connectivity index (χ3v) is 4.56. The van der Waals surface area contributed by atoms with E-state index in [0.29, 0.717) is 0 Å². The first-order chi connectivity index (χ1) is 10.3. The van der Waals surface area contributed by atoms with Gasteiger partial charge in [-0.25, -0.2) is 15.0 Å². The highest BCUT2D eigenvalue weighted by Gasteiger charge is 2.16. The Morgan fingerprint density at radius 1 is 1.14 bits per heavy atom. The van der Waals surface area contributed by atoms with Crippen LogP contribution in [0.4, 0.5) is 5.82 Å². The van der Waals surface area contributed by atoms with E-state index in [1.807, 2.05) is 43.2 Å². The number of pyridine rings is 1. The largest absolute Gasteiger partial charge is 0.371 e. The van der Waals surface area contributed by atoms with Crippen molar-refractivity contribution in [3.63, 3.8) is 0 Å². The Hall–Kier alpha value is -2.47. The fourth-order valence-corrected chi connectivity index (χ4v) is 3.55. The van der Waals surface area contributed by atoms with Gasteiger partial charge in [-0.3, -0.25) is 0 Å². The summed E-state index contributed by atoms with van der Waals surface area (Å²) in [5.74, 6) is 0.767. The molecule has 0 spiro atoms. The van der Waals surface area contributed by atoms with Crippen LogP contribution in [0, 0.1) is 0 Å². The minimum absolute atomic E-state index is 0.763. The maximum Gasteiger partial charge on any atom is 0.175 e. The van der Waals surface area contributed by atoms with E-state index in [1.54, 1.807) is 11.3 Å². The molecule has 21 heavy (non-hydrogen) atoms. The number of anilines is 1. The lowest BCUT2D eigenvalue weighted by Gasteiger charge is -2.01.